The Morgan fingerprint density at radius 2 is 1.89 bits per heavy atom. The molecule has 0 spiro atoms. The molecular formula is C15H30N2OS. The predicted molar refractivity (Wildman–Crippen MR) is 85.6 cm³/mol. The number of thiocarbonyl (C=S) groups is 1. The Balaban J connectivity index is 2.53. The standard InChI is InChI=1S/C15H30N2OS/c1-4-14(5-2)17(11-12-18-3)15(19)16-13-9-7-6-8-10-13/h13-14H,4-12H2,1-3H3,(H,16,19). The molecule has 1 fully saturated rings. The first-order valence-corrected chi connectivity index (χ1v) is 8.19. The van der Waals surface area contributed by atoms with Gasteiger partial charge in [-0.25, -0.2) is 0 Å². The molecular weight excluding hydrogens is 256 g/mol. The molecule has 3 nitrogen and oxygen atoms in total. The lowest BCUT2D eigenvalue weighted by Gasteiger charge is -2.35. The Hall–Kier alpha value is -0.350. The molecule has 0 radical (unpaired) electrons. The van der Waals surface area contributed by atoms with Crippen molar-refractivity contribution in [3.8, 4) is 0 Å². The largest absolute Gasteiger partial charge is 0.383 e. The van der Waals surface area contributed by atoms with Crippen LogP contribution in [0.25, 0.3) is 0 Å². The third kappa shape index (κ3) is 5.65. The van der Waals surface area contributed by atoms with Gasteiger partial charge in [-0.2, -0.15) is 0 Å². The van der Waals surface area contributed by atoms with Gasteiger partial charge in [0.25, 0.3) is 0 Å². The van der Waals surface area contributed by atoms with Crippen LogP contribution in [0.4, 0.5) is 0 Å². The van der Waals surface area contributed by atoms with Gasteiger partial charge in [0, 0.05) is 25.7 Å². The third-order valence-electron chi connectivity index (χ3n) is 4.11. The molecule has 112 valence electrons. The summed E-state index contributed by atoms with van der Waals surface area (Å²) in [4.78, 5) is 2.33. The van der Waals surface area contributed by atoms with E-state index in [1.54, 1.807) is 7.11 Å². The van der Waals surface area contributed by atoms with E-state index in [9.17, 15) is 0 Å². The summed E-state index contributed by atoms with van der Waals surface area (Å²) in [5.74, 6) is 0. The summed E-state index contributed by atoms with van der Waals surface area (Å²) < 4.78 is 5.22. The molecule has 4 heteroatoms. The van der Waals surface area contributed by atoms with E-state index in [1.807, 2.05) is 0 Å². The Morgan fingerprint density at radius 1 is 1.26 bits per heavy atom. The highest BCUT2D eigenvalue weighted by atomic mass is 32.1. The molecule has 1 N–H and O–H groups in total. The zero-order valence-corrected chi connectivity index (χ0v) is 13.6. The maximum absolute atomic E-state index is 5.64. The maximum atomic E-state index is 5.64. The molecule has 1 saturated carbocycles. The fraction of sp³-hybridized carbons (Fsp3) is 0.933. The van der Waals surface area contributed by atoms with Gasteiger partial charge in [0.2, 0.25) is 0 Å². The fourth-order valence-electron chi connectivity index (χ4n) is 2.87. The SMILES string of the molecule is CCC(CC)N(CCOC)C(=S)NC1CCCCC1. The second-order valence-corrected chi connectivity index (χ2v) is 5.83. The Labute approximate surface area is 124 Å². The average Bonchev–Trinajstić information content (AvgIpc) is 2.44. The van der Waals surface area contributed by atoms with Crippen molar-refractivity contribution in [3.63, 3.8) is 0 Å². The lowest BCUT2D eigenvalue weighted by molar-refractivity contribution is 0.157. The number of ether oxygens (including phenoxy) is 1. The Kier molecular flexibility index (Phi) is 8.38. The summed E-state index contributed by atoms with van der Waals surface area (Å²) in [5.41, 5.74) is 0. The normalized spacial score (nSPS) is 16.6. The van der Waals surface area contributed by atoms with E-state index >= 15 is 0 Å². The molecule has 0 aromatic rings. The second kappa shape index (κ2) is 9.54. The average molecular weight is 286 g/mol. The van der Waals surface area contributed by atoms with Crippen LogP contribution >= 0.6 is 12.2 Å². The van der Waals surface area contributed by atoms with Crippen LogP contribution in [-0.4, -0.2) is 42.4 Å². The van der Waals surface area contributed by atoms with Crippen LogP contribution < -0.4 is 5.32 Å². The zero-order valence-electron chi connectivity index (χ0n) is 12.8. The van der Waals surface area contributed by atoms with Crippen LogP contribution in [0.3, 0.4) is 0 Å². The Morgan fingerprint density at radius 3 is 2.42 bits per heavy atom. The van der Waals surface area contributed by atoms with Gasteiger partial charge in [-0.3, -0.25) is 0 Å². The number of hydrogen-bond donors (Lipinski definition) is 1. The van der Waals surface area contributed by atoms with E-state index in [1.165, 1.54) is 32.1 Å². The first kappa shape index (κ1) is 16.7. The lowest BCUT2D eigenvalue weighted by Crippen LogP contribution is -2.50. The highest BCUT2D eigenvalue weighted by Gasteiger charge is 2.21. The monoisotopic (exact) mass is 286 g/mol. The minimum Gasteiger partial charge on any atom is -0.383 e. The number of hydrogen-bond acceptors (Lipinski definition) is 2. The minimum absolute atomic E-state index is 0.527. The van der Waals surface area contributed by atoms with Gasteiger partial charge in [-0.05, 0) is 37.9 Å². The van der Waals surface area contributed by atoms with Crippen LogP contribution in [0.5, 0.6) is 0 Å². The van der Waals surface area contributed by atoms with Gasteiger partial charge >= 0.3 is 0 Å². The molecule has 0 aliphatic heterocycles. The molecule has 0 unspecified atom stereocenters. The molecule has 0 atom stereocenters. The minimum atomic E-state index is 0.527. The first-order valence-electron chi connectivity index (χ1n) is 7.78. The van der Waals surface area contributed by atoms with E-state index in [0.717, 1.165) is 31.1 Å². The summed E-state index contributed by atoms with van der Waals surface area (Å²) in [7, 11) is 1.75. The van der Waals surface area contributed by atoms with Gasteiger partial charge in [-0.15, -0.1) is 0 Å². The maximum Gasteiger partial charge on any atom is 0.169 e. The van der Waals surface area contributed by atoms with Gasteiger partial charge in [0.15, 0.2) is 5.11 Å². The van der Waals surface area contributed by atoms with Crippen LogP contribution in [0, 0.1) is 0 Å². The topological polar surface area (TPSA) is 24.5 Å². The van der Waals surface area contributed by atoms with Crippen molar-refractivity contribution in [2.24, 2.45) is 0 Å². The predicted octanol–water partition coefficient (Wildman–Crippen LogP) is 3.33. The lowest BCUT2D eigenvalue weighted by atomic mass is 9.96. The molecule has 1 rings (SSSR count). The van der Waals surface area contributed by atoms with Gasteiger partial charge in [0.1, 0.15) is 0 Å². The van der Waals surface area contributed by atoms with Crippen LogP contribution in [0.2, 0.25) is 0 Å². The van der Waals surface area contributed by atoms with Gasteiger partial charge in [0.05, 0.1) is 6.61 Å². The molecule has 1 aliphatic carbocycles. The molecule has 0 aromatic carbocycles. The van der Waals surface area contributed by atoms with Crippen molar-refractivity contribution < 1.29 is 4.74 Å². The van der Waals surface area contributed by atoms with Crippen LogP contribution in [0.15, 0.2) is 0 Å². The van der Waals surface area contributed by atoms with Crippen molar-refractivity contribution in [2.75, 3.05) is 20.3 Å². The number of nitrogens with zero attached hydrogens (tertiary/aromatic N) is 1. The summed E-state index contributed by atoms with van der Waals surface area (Å²) in [5, 5.41) is 4.51. The van der Waals surface area contributed by atoms with E-state index in [-0.39, 0.29) is 0 Å². The summed E-state index contributed by atoms with van der Waals surface area (Å²) in [6, 6.07) is 1.11. The van der Waals surface area contributed by atoms with E-state index in [0.29, 0.717) is 12.1 Å². The molecule has 0 heterocycles. The number of nitrogens with one attached hydrogen (secondary N) is 1. The molecule has 1 aliphatic rings. The Bertz CT molecular complexity index is 251. The first-order chi connectivity index (χ1) is 9.22. The molecule has 0 bridgehead atoms. The second-order valence-electron chi connectivity index (χ2n) is 5.44. The summed E-state index contributed by atoms with van der Waals surface area (Å²) >= 11 is 5.64. The van der Waals surface area contributed by atoms with Crippen molar-refractivity contribution in [2.45, 2.75) is 70.9 Å². The molecule has 0 aromatic heterocycles. The van der Waals surface area contributed by atoms with Gasteiger partial charge in [-0.1, -0.05) is 33.1 Å². The quantitative estimate of drug-likeness (QED) is 0.726. The van der Waals surface area contributed by atoms with Crippen LogP contribution in [-0.2, 0) is 4.74 Å². The van der Waals surface area contributed by atoms with E-state index in [2.05, 4.69) is 24.1 Å². The van der Waals surface area contributed by atoms with Crippen molar-refractivity contribution in [1.29, 1.82) is 0 Å². The zero-order chi connectivity index (χ0) is 14.1. The number of rotatable bonds is 7. The molecule has 19 heavy (non-hydrogen) atoms. The van der Waals surface area contributed by atoms with Crippen molar-refractivity contribution >= 4 is 17.3 Å². The van der Waals surface area contributed by atoms with Crippen molar-refractivity contribution in [3.05, 3.63) is 0 Å². The highest BCUT2D eigenvalue weighted by molar-refractivity contribution is 7.80. The van der Waals surface area contributed by atoms with Gasteiger partial charge < -0.3 is 15.0 Å². The highest BCUT2D eigenvalue weighted by Crippen LogP contribution is 2.18. The molecule has 0 saturated heterocycles. The summed E-state index contributed by atoms with van der Waals surface area (Å²) in [6.45, 7) is 6.10. The molecule has 0 amide bonds. The van der Waals surface area contributed by atoms with E-state index < -0.39 is 0 Å². The fourth-order valence-corrected chi connectivity index (χ4v) is 3.28. The smallest absolute Gasteiger partial charge is 0.169 e. The third-order valence-corrected chi connectivity index (χ3v) is 4.47. The van der Waals surface area contributed by atoms with E-state index in [4.69, 9.17) is 17.0 Å². The number of methoxy groups -OCH3 is 1. The van der Waals surface area contributed by atoms with Crippen LogP contribution in [0.1, 0.15) is 58.8 Å². The van der Waals surface area contributed by atoms with Crippen molar-refractivity contribution in [1.82, 2.24) is 10.2 Å². The summed E-state index contributed by atoms with van der Waals surface area (Å²) in [6.07, 6.45) is 8.85.